The van der Waals surface area contributed by atoms with Crippen LogP contribution in [0.4, 0.5) is 11.5 Å². The maximum atomic E-state index is 10.8. The highest BCUT2D eigenvalue weighted by atomic mass is 16.6. The van der Waals surface area contributed by atoms with Gasteiger partial charge in [-0.2, -0.15) is 5.26 Å². The molecule has 0 spiro atoms. The first-order valence-electron chi connectivity index (χ1n) is 6.80. The Morgan fingerprint density at radius 3 is 2.91 bits per heavy atom. The second kappa shape index (κ2) is 6.83. The van der Waals surface area contributed by atoms with Crippen LogP contribution in [0, 0.1) is 21.4 Å². The van der Waals surface area contributed by atoms with Crippen LogP contribution < -0.4 is 5.32 Å². The normalized spacial score (nSPS) is 11.9. The average Bonchev–Trinajstić information content (AvgIpc) is 2.51. The van der Waals surface area contributed by atoms with Crippen molar-refractivity contribution >= 4 is 22.4 Å². The van der Waals surface area contributed by atoms with Gasteiger partial charge in [-0.25, -0.2) is 4.98 Å². The Morgan fingerprint density at radius 1 is 1.50 bits per heavy atom. The van der Waals surface area contributed by atoms with Gasteiger partial charge in [-0.3, -0.25) is 10.1 Å². The van der Waals surface area contributed by atoms with Crippen LogP contribution in [0.15, 0.2) is 24.3 Å². The zero-order chi connectivity index (χ0) is 16.1. The van der Waals surface area contributed by atoms with E-state index in [9.17, 15) is 15.4 Å². The molecule has 0 saturated heterocycles. The first kappa shape index (κ1) is 15.7. The lowest BCUT2D eigenvalue weighted by molar-refractivity contribution is -0.384. The third-order valence-corrected chi connectivity index (χ3v) is 3.27. The molecule has 22 heavy (non-hydrogen) atoms. The number of nitriles is 1. The van der Waals surface area contributed by atoms with Crippen molar-refractivity contribution in [3.8, 4) is 6.07 Å². The van der Waals surface area contributed by atoms with Crippen molar-refractivity contribution in [2.75, 3.05) is 19.0 Å². The Hall–Kier alpha value is -2.72. The molecular formula is C15H16N4O3. The highest BCUT2D eigenvalue weighted by Gasteiger charge is 2.12. The summed E-state index contributed by atoms with van der Waals surface area (Å²) in [6, 6.07) is 8.12. The topological polar surface area (TPSA) is 101 Å². The Bertz CT molecular complexity index is 739. The lowest BCUT2D eigenvalue weighted by Gasteiger charge is -2.14. The number of anilines is 1. The van der Waals surface area contributed by atoms with Gasteiger partial charge in [0.25, 0.3) is 5.69 Å². The first-order chi connectivity index (χ1) is 10.5. The highest BCUT2D eigenvalue weighted by Crippen LogP contribution is 2.25. The van der Waals surface area contributed by atoms with Crippen LogP contribution >= 0.6 is 0 Å². The molecule has 0 bridgehead atoms. The maximum absolute atomic E-state index is 10.8. The van der Waals surface area contributed by atoms with Crippen LogP contribution in [0.5, 0.6) is 0 Å². The smallest absolute Gasteiger partial charge is 0.270 e. The number of hydrogen-bond donors (Lipinski definition) is 1. The third-order valence-electron chi connectivity index (χ3n) is 3.27. The molecule has 0 saturated carbocycles. The van der Waals surface area contributed by atoms with Gasteiger partial charge in [0.05, 0.1) is 22.1 Å². The summed E-state index contributed by atoms with van der Waals surface area (Å²) >= 11 is 0. The molecule has 2 rings (SSSR count). The van der Waals surface area contributed by atoms with E-state index in [1.165, 1.54) is 12.1 Å². The lowest BCUT2D eigenvalue weighted by atomic mass is 10.1. The Kier molecular flexibility index (Phi) is 4.86. The Labute approximate surface area is 127 Å². The molecule has 2 aromatic rings. The molecule has 0 amide bonds. The molecule has 1 N–H and O–H groups in total. The average molecular weight is 300 g/mol. The third kappa shape index (κ3) is 3.48. The van der Waals surface area contributed by atoms with E-state index in [4.69, 9.17) is 4.74 Å². The van der Waals surface area contributed by atoms with Gasteiger partial charge in [0.2, 0.25) is 0 Å². The molecule has 0 aliphatic rings. The Balaban J connectivity index is 2.37. The standard InChI is InChI=1S/C15H16N4O3/c1-10(5-6-22-2)17-15-7-11(9-16)13-8-12(19(20)21)3-4-14(13)18-15/h3-4,7-8,10H,5-6H2,1-2H3,(H,17,18)/t10-/m1/s1. The van der Waals surface area contributed by atoms with Crippen molar-refractivity contribution in [1.29, 1.82) is 5.26 Å². The highest BCUT2D eigenvalue weighted by molar-refractivity contribution is 5.88. The van der Waals surface area contributed by atoms with E-state index in [-0.39, 0.29) is 11.7 Å². The van der Waals surface area contributed by atoms with Crippen molar-refractivity contribution < 1.29 is 9.66 Å². The number of nitro groups is 1. The zero-order valence-corrected chi connectivity index (χ0v) is 12.4. The van der Waals surface area contributed by atoms with Crippen molar-refractivity contribution in [3.05, 3.63) is 39.9 Å². The van der Waals surface area contributed by atoms with Crippen molar-refractivity contribution in [2.45, 2.75) is 19.4 Å². The minimum absolute atomic E-state index is 0.0556. The summed E-state index contributed by atoms with van der Waals surface area (Å²) in [4.78, 5) is 14.8. The van der Waals surface area contributed by atoms with Crippen molar-refractivity contribution in [1.82, 2.24) is 4.98 Å². The molecule has 114 valence electrons. The fourth-order valence-corrected chi connectivity index (χ4v) is 2.11. The number of ether oxygens (including phenoxy) is 1. The molecular weight excluding hydrogens is 284 g/mol. The summed E-state index contributed by atoms with van der Waals surface area (Å²) < 4.78 is 5.02. The van der Waals surface area contributed by atoms with Crippen LogP contribution in [0.3, 0.4) is 0 Å². The number of nitrogens with one attached hydrogen (secondary N) is 1. The van der Waals surface area contributed by atoms with E-state index < -0.39 is 4.92 Å². The minimum atomic E-state index is -0.487. The van der Waals surface area contributed by atoms with Gasteiger partial charge in [-0.05, 0) is 25.5 Å². The van der Waals surface area contributed by atoms with E-state index >= 15 is 0 Å². The number of non-ortho nitro benzene ring substituents is 1. The number of hydrogen-bond acceptors (Lipinski definition) is 6. The summed E-state index contributed by atoms with van der Waals surface area (Å²) in [5, 5.41) is 23.8. The summed E-state index contributed by atoms with van der Waals surface area (Å²) in [5.41, 5.74) is 0.848. The maximum Gasteiger partial charge on any atom is 0.270 e. The van der Waals surface area contributed by atoms with Crippen LogP contribution in [-0.4, -0.2) is 29.7 Å². The van der Waals surface area contributed by atoms with Crippen LogP contribution in [0.2, 0.25) is 0 Å². The summed E-state index contributed by atoms with van der Waals surface area (Å²) in [5.74, 6) is 0.571. The number of benzene rings is 1. The first-order valence-corrected chi connectivity index (χ1v) is 6.80. The van der Waals surface area contributed by atoms with Crippen molar-refractivity contribution in [2.24, 2.45) is 0 Å². The molecule has 1 heterocycles. The van der Waals surface area contributed by atoms with E-state index in [0.29, 0.717) is 28.9 Å². The molecule has 1 atom stereocenters. The van der Waals surface area contributed by atoms with E-state index in [1.807, 2.05) is 6.92 Å². The van der Waals surface area contributed by atoms with E-state index in [1.54, 1.807) is 19.2 Å². The number of nitro benzene ring substituents is 1. The number of methoxy groups -OCH3 is 1. The minimum Gasteiger partial charge on any atom is -0.385 e. The monoisotopic (exact) mass is 300 g/mol. The van der Waals surface area contributed by atoms with Crippen LogP contribution in [0.1, 0.15) is 18.9 Å². The van der Waals surface area contributed by atoms with E-state index in [2.05, 4.69) is 16.4 Å². The number of nitrogens with zero attached hydrogens (tertiary/aromatic N) is 3. The predicted molar refractivity (Wildman–Crippen MR) is 82.7 cm³/mol. The zero-order valence-electron chi connectivity index (χ0n) is 12.4. The summed E-state index contributed by atoms with van der Waals surface area (Å²) in [6.45, 7) is 2.62. The van der Waals surface area contributed by atoms with Gasteiger partial charge in [0.1, 0.15) is 5.82 Å². The van der Waals surface area contributed by atoms with Gasteiger partial charge in [0, 0.05) is 37.3 Å². The molecule has 0 radical (unpaired) electrons. The predicted octanol–water partition coefficient (Wildman–Crippen LogP) is 2.85. The molecule has 7 heteroatoms. The number of pyridine rings is 1. The second-order valence-electron chi connectivity index (χ2n) is 4.95. The SMILES string of the molecule is COCC[C@@H](C)Nc1cc(C#N)c2cc([N+](=O)[O-])ccc2n1. The fraction of sp³-hybridized carbons (Fsp3) is 0.333. The Morgan fingerprint density at radius 2 is 2.27 bits per heavy atom. The molecule has 0 aliphatic carbocycles. The summed E-state index contributed by atoms with van der Waals surface area (Å²) in [7, 11) is 1.64. The van der Waals surface area contributed by atoms with Gasteiger partial charge in [0.15, 0.2) is 0 Å². The molecule has 1 aromatic carbocycles. The molecule has 0 fully saturated rings. The number of fused-ring (bicyclic) bond motifs is 1. The molecule has 0 aliphatic heterocycles. The van der Waals surface area contributed by atoms with Crippen LogP contribution in [0.25, 0.3) is 10.9 Å². The lowest BCUT2D eigenvalue weighted by Crippen LogP contribution is -2.18. The van der Waals surface area contributed by atoms with Gasteiger partial charge >= 0.3 is 0 Å². The van der Waals surface area contributed by atoms with Crippen LogP contribution in [-0.2, 0) is 4.74 Å². The largest absolute Gasteiger partial charge is 0.385 e. The van der Waals surface area contributed by atoms with Gasteiger partial charge in [-0.15, -0.1) is 0 Å². The quantitative estimate of drug-likeness (QED) is 0.650. The molecule has 1 aromatic heterocycles. The molecule has 7 nitrogen and oxygen atoms in total. The van der Waals surface area contributed by atoms with Crippen molar-refractivity contribution in [3.63, 3.8) is 0 Å². The number of aromatic nitrogens is 1. The number of rotatable bonds is 6. The second-order valence-corrected chi connectivity index (χ2v) is 4.95. The van der Waals surface area contributed by atoms with E-state index in [0.717, 1.165) is 6.42 Å². The van der Waals surface area contributed by atoms with Gasteiger partial charge in [-0.1, -0.05) is 0 Å². The van der Waals surface area contributed by atoms with Gasteiger partial charge < -0.3 is 10.1 Å². The summed E-state index contributed by atoms with van der Waals surface area (Å²) in [6.07, 6.45) is 0.804. The molecule has 0 unspecified atom stereocenters. The fourth-order valence-electron chi connectivity index (χ4n) is 2.11.